The van der Waals surface area contributed by atoms with Gasteiger partial charge in [0.2, 0.25) is 5.95 Å². The average Bonchev–Trinajstić information content (AvgIpc) is 2.94. The largest absolute Gasteiger partial charge is 0.497 e. The Hall–Kier alpha value is -2.90. The third-order valence-corrected chi connectivity index (χ3v) is 3.02. The lowest BCUT2D eigenvalue weighted by atomic mass is 10.0. The van der Waals surface area contributed by atoms with E-state index in [1.807, 2.05) is 12.1 Å². The van der Waals surface area contributed by atoms with Gasteiger partial charge in [0.05, 0.1) is 7.11 Å². The van der Waals surface area contributed by atoms with Crippen LogP contribution in [0.5, 0.6) is 5.75 Å². The van der Waals surface area contributed by atoms with Crippen molar-refractivity contribution in [2.45, 2.75) is 6.04 Å². The van der Waals surface area contributed by atoms with E-state index in [0.717, 1.165) is 11.3 Å². The summed E-state index contributed by atoms with van der Waals surface area (Å²) < 4.78 is 6.62. The molecule has 0 amide bonds. The van der Waals surface area contributed by atoms with E-state index in [0.29, 0.717) is 5.95 Å². The summed E-state index contributed by atoms with van der Waals surface area (Å²) in [6, 6.07) is 6.91. The van der Waals surface area contributed by atoms with Gasteiger partial charge in [-0.15, -0.1) is 0 Å². The van der Waals surface area contributed by atoms with Crippen molar-refractivity contribution in [3.8, 4) is 5.75 Å². The van der Waals surface area contributed by atoms with Gasteiger partial charge in [-0.2, -0.15) is 4.68 Å². The number of carboxylic acids is 1. The summed E-state index contributed by atoms with van der Waals surface area (Å²) in [5.41, 5.74) is 0.910. The van der Waals surface area contributed by atoms with Crippen molar-refractivity contribution in [3.05, 3.63) is 41.6 Å². The minimum absolute atomic E-state index is 0.0492. The molecule has 1 atom stereocenters. The van der Waals surface area contributed by atoms with Crippen LogP contribution in [-0.2, 0) is 4.79 Å². The summed E-state index contributed by atoms with van der Waals surface area (Å²) in [5.74, 6) is -0.0365. The molecule has 2 aromatic rings. The van der Waals surface area contributed by atoms with E-state index in [4.69, 9.17) is 9.84 Å². The van der Waals surface area contributed by atoms with E-state index in [9.17, 15) is 4.79 Å². The predicted molar refractivity (Wildman–Crippen MR) is 68.3 cm³/mol. The highest BCUT2D eigenvalue weighted by molar-refractivity contribution is 5.90. The molecule has 0 aliphatic carbocycles. The Bertz CT molecular complexity index is 677. The van der Waals surface area contributed by atoms with Gasteiger partial charge in [0.25, 0.3) is 0 Å². The summed E-state index contributed by atoms with van der Waals surface area (Å²) in [6.45, 7) is 0. The van der Waals surface area contributed by atoms with Gasteiger partial charge in [0, 0.05) is 0 Å². The fourth-order valence-electron chi connectivity index (χ4n) is 2.02. The van der Waals surface area contributed by atoms with Crippen molar-refractivity contribution in [1.82, 2.24) is 20.2 Å². The first-order valence-electron chi connectivity index (χ1n) is 5.83. The minimum atomic E-state index is -1.06. The number of tetrazole rings is 1. The molecule has 1 aliphatic heterocycles. The zero-order valence-electron chi connectivity index (χ0n) is 10.5. The molecule has 1 unspecified atom stereocenters. The Labute approximate surface area is 113 Å². The second-order valence-corrected chi connectivity index (χ2v) is 4.18. The molecule has 2 N–H and O–H groups in total. The molecule has 0 saturated heterocycles. The number of hydrogen-bond acceptors (Lipinski definition) is 6. The second kappa shape index (κ2) is 4.65. The molecular weight excluding hydrogens is 262 g/mol. The van der Waals surface area contributed by atoms with Crippen molar-refractivity contribution in [3.63, 3.8) is 0 Å². The molecule has 0 bridgehead atoms. The summed E-state index contributed by atoms with van der Waals surface area (Å²) in [7, 11) is 1.58. The van der Waals surface area contributed by atoms with Crippen molar-refractivity contribution in [2.75, 3.05) is 12.4 Å². The number of nitrogens with zero attached hydrogens (tertiary/aromatic N) is 4. The van der Waals surface area contributed by atoms with Gasteiger partial charge >= 0.3 is 5.97 Å². The smallest absolute Gasteiger partial charge is 0.352 e. The normalized spacial score (nSPS) is 16.9. The fourth-order valence-corrected chi connectivity index (χ4v) is 2.02. The lowest BCUT2D eigenvalue weighted by Gasteiger charge is -2.21. The van der Waals surface area contributed by atoms with E-state index >= 15 is 0 Å². The Kier molecular flexibility index (Phi) is 2.82. The van der Waals surface area contributed by atoms with Crippen LogP contribution in [0, 0.1) is 0 Å². The maximum absolute atomic E-state index is 11.1. The minimum Gasteiger partial charge on any atom is -0.497 e. The number of hydrogen-bond donors (Lipinski definition) is 2. The number of nitrogens with one attached hydrogen (secondary N) is 1. The Morgan fingerprint density at radius 2 is 2.15 bits per heavy atom. The fraction of sp³-hybridized carbons (Fsp3) is 0.167. The molecule has 0 radical (unpaired) electrons. The van der Waals surface area contributed by atoms with E-state index in [1.54, 1.807) is 25.3 Å². The molecule has 0 fully saturated rings. The van der Waals surface area contributed by atoms with Gasteiger partial charge < -0.3 is 15.2 Å². The lowest BCUT2D eigenvalue weighted by Crippen LogP contribution is -2.24. The maximum Gasteiger partial charge on any atom is 0.352 e. The van der Waals surface area contributed by atoms with Gasteiger partial charge in [-0.25, -0.2) is 4.79 Å². The van der Waals surface area contributed by atoms with Gasteiger partial charge in [-0.3, -0.25) is 0 Å². The molecule has 2 heterocycles. The second-order valence-electron chi connectivity index (χ2n) is 4.18. The summed E-state index contributed by atoms with van der Waals surface area (Å²) in [5, 5.41) is 23.0. The number of benzene rings is 1. The Morgan fingerprint density at radius 3 is 2.80 bits per heavy atom. The molecule has 0 saturated carbocycles. The summed E-state index contributed by atoms with van der Waals surface area (Å²) >= 11 is 0. The van der Waals surface area contributed by atoms with E-state index in [1.165, 1.54) is 4.68 Å². The number of carboxylic acid groups (broad SMARTS) is 1. The number of rotatable bonds is 3. The highest BCUT2D eigenvalue weighted by atomic mass is 16.5. The number of ether oxygens (including phenoxy) is 1. The lowest BCUT2D eigenvalue weighted by molar-refractivity contribution is -0.132. The molecule has 1 aromatic carbocycles. The van der Waals surface area contributed by atoms with Crippen LogP contribution in [0.1, 0.15) is 11.6 Å². The standard InChI is InChI=1S/C12H11N5O3/c1-20-8-4-2-7(3-5-8)10-6-9(11(18)19)13-12-14-15-16-17(10)12/h2-6,10H,1H3,(H,18,19)(H,13,14,16). The van der Waals surface area contributed by atoms with Crippen molar-refractivity contribution >= 4 is 11.9 Å². The van der Waals surface area contributed by atoms with Crippen LogP contribution in [-0.4, -0.2) is 38.4 Å². The zero-order chi connectivity index (χ0) is 14.1. The Morgan fingerprint density at radius 1 is 1.40 bits per heavy atom. The molecule has 8 nitrogen and oxygen atoms in total. The van der Waals surface area contributed by atoms with Crippen molar-refractivity contribution in [2.24, 2.45) is 0 Å². The van der Waals surface area contributed by atoms with Crippen LogP contribution in [0.25, 0.3) is 0 Å². The third kappa shape index (κ3) is 1.96. The Balaban J connectivity index is 2.04. The molecule has 3 rings (SSSR count). The number of anilines is 1. The SMILES string of the molecule is COc1ccc(C2C=C(C(=O)O)Nc3nnnn32)cc1. The molecule has 1 aromatic heterocycles. The highest BCUT2D eigenvalue weighted by Crippen LogP contribution is 2.28. The topological polar surface area (TPSA) is 102 Å². The van der Waals surface area contributed by atoms with Gasteiger partial charge in [-0.1, -0.05) is 17.2 Å². The van der Waals surface area contributed by atoms with Crippen LogP contribution >= 0.6 is 0 Å². The molecular formula is C12H11N5O3. The van der Waals surface area contributed by atoms with Crippen molar-refractivity contribution in [1.29, 1.82) is 0 Å². The monoisotopic (exact) mass is 273 g/mol. The third-order valence-electron chi connectivity index (χ3n) is 3.02. The number of allylic oxidation sites excluding steroid dienone is 1. The van der Waals surface area contributed by atoms with Crippen LogP contribution < -0.4 is 10.1 Å². The summed E-state index contributed by atoms with van der Waals surface area (Å²) in [4.78, 5) is 11.1. The number of fused-ring (bicyclic) bond motifs is 1. The first-order valence-corrected chi connectivity index (χ1v) is 5.83. The predicted octanol–water partition coefficient (Wildman–Crippen LogP) is 0.665. The van der Waals surface area contributed by atoms with Gasteiger partial charge in [-0.05, 0) is 34.2 Å². The van der Waals surface area contributed by atoms with Gasteiger partial charge in [0.15, 0.2) is 0 Å². The molecule has 8 heteroatoms. The van der Waals surface area contributed by atoms with Gasteiger partial charge in [0.1, 0.15) is 17.5 Å². The van der Waals surface area contributed by atoms with Crippen LogP contribution in [0.4, 0.5) is 5.95 Å². The van der Waals surface area contributed by atoms with Crippen molar-refractivity contribution < 1.29 is 14.6 Å². The van der Waals surface area contributed by atoms with Crippen LogP contribution in [0.3, 0.4) is 0 Å². The summed E-state index contributed by atoms with van der Waals surface area (Å²) in [6.07, 6.45) is 1.56. The quantitative estimate of drug-likeness (QED) is 0.847. The molecule has 20 heavy (non-hydrogen) atoms. The molecule has 102 valence electrons. The number of aromatic nitrogens is 4. The van der Waals surface area contributed by atoms with E-state index in [-0.39, 0.29) is 11.7 Å². The number of carbonyl (C=O) groups is 1. The zero-order valence-corrected chi connectivity index (χ0v) is 10.5. The molecule has 1 aliphatic rings. The first kappa shape index (κ1) is 12.2. The first-order chi connectivity index (χ1) is 9.69. The maximum atomic E-state index is 11.1. The molecule has 0 spiro atoms. The van der Waals surface area contributed by atoms with E-state index in [2.05, 4.69) is 20.8 Å². The number of aliphatic carboxylic acids is 1. The van der Waals surface area contributed by atoms with Crippen LogP contribution in [0.2, 0.25) is 0 Å². The number of methoxy groups -OCH3 is 1. The van der Waals surface area contributed by atoms with E-state index < -0.39 is 5.97 Å². The highest BCUT2D eigenvalue weighted by Gasteiger charge is 2.26. The van der Waals surface area contributed by atoms with Crippen LogP contribution in [0.15, 0.2) is 36.0 Å². The average molecular weight is 273 g/mol.